The number of hydrogen-bond donors (Lipinski definition) is 1. The molecule has 22 heavy (non-hydrogen) atoms. The highest BCUT2D eigenvalue weighted by atomic mass is 28.4. The largest absolute Gasteiger partial charge is 0.413 e. The van der Waals surface area contributed by atoms with Gasteiger partial charge in [-0.25, -0.2) is 0 Å². The van der Waals surface area contributed by atoms with Gasteiger partial charge in [0.15, 0.2) is 8.32 Å². The van der Waals surface area contributed by atoms with E-state index in [0.717, 1.165) is 0 Å². The first-order chi connectivity index (χ1) is 10.1. The van der Waals surface area contributed by atoms with E-state index in [9.17, 15) is 0 Å². The quantitative estimate of drug-likeness (QED) is 0.479. The van der Waals surface area contributed by atoms with E-state index in [1.807, 2.05) is 0 Å². The molecule has 0 bridgehead atoms. The average molecular weight is 328 g/mol. The van der Waals surface area contributed by atoms with Crippen molar-refractivity contribution in [2.24, 2.45) is 17.6 Å². The molecule has 0 aromatic carbocycles. The van der Waals surface area contributed by atoms with Gasteiger partial charge in [0.25, 0.3) is 0 Å². The first-order valence-electron chi connectivity index (χ1n) is 9.53. The average Bonchev–Trinajstić information content (AvgIpc) is 2.40. The van der Waals surface area contributed by atoms with Gasteiger partial charge in [0, 0.05) is 6.04 Å². The molecule has 132 valence electrons. The van der Waals surface area contributed by atoms with E-state index in [0.29, 0.717) is 24.0 Å². The van der Waals surface area contributed by atoms with Crippen molar-refractivity contribution in [2.45, 2.75) is 110 Å². The van der Waals surface area contributed by atoms with Crippen molar-refractivity contribution in [1.82, 2.24) is 0 Å². The highest BCUT2D eigenvalue weighted by molar-refractivity contribution is 6.74. The summed E-state index contributed by atoms with van der Waals surface area (Å²) in [6.07, 6.45) is 9.36. The molecular formula is C19H41NOSi. The fourth-order valence-corrected chi connectivity index (χ4v) is 4.85. The third kappa shape index (κ3) is 5.35. The Morgan fingerprint density at radius 2 is 1.73 bits per heavy atom. The molecule has 0 spiro atoms. The minimum atomic E-state index is -1.72. The summed E-state index contributed by atoms with van der Waals surface area (Å²) in [5, 5.41) is 0.279. The summed E-state index contributed by atoms with van der Waals surface area (Å²) in [5.74, 6) is 1.22. The molecule has 0 heterocycles. The van der Waals surface area contributed by atoms with Crippen molar-refractivity contribution >= 4 is 8.32 Å². The second-order valence-electron chi connectivity index (χ2n) is 9.07. The maximum Gasteiger partial charge on any atom is 0.192 e. The second-order valence-corrected chi connectivity index (χ2v) is 13.8. The standard InChI is InChI=1S/C19H41NOSi/c1-8-9-10-11-12-16-17(20)14-13-15(2)18(16)21-22(6,7)19(3,4)5/h15-18H,8-14,20H2,1-7H3. The lowest BCUT2D eigenvalue weighted by Crippen LogP contribution is -2.53. The van der Waals surface area contributed by atoms with Crippen molar-refractivity contribution in [1.29, 1.82) is 0 Å². The van der Waals surface area contributed by atoms with Gasteiger partial charge in [0.2, 0.25) is 0 Å². The highest BCUT2D eigenvalue weighted by Crippen LogP contribution is 2.42. The molecule has 1 rings (SSSR count). The SMILES string of the molecule is CCCCCCC1C(N)CCC(C)C1O[Si](C)(C)C(C)(C)C. The zero-order chi connectivity index (χ0) is 17.0. The summed E-state index contributed by atoms with van der Waals surface area (Å²) in [5.41, 5.74) is 6.51. The van der Waals surface area contributed by atoms with Crippen LogP contribution < -0.4 is 5.73 Å². The van der Waals surface area contributed by atoms with E-state index in [1.165, 1.54) is 44.9 Å². The zero-order valence-corrected chi connectivity index (χ0v) is 17.2. The Kier molecular flexibility index (Phi) is 7.61. The second kappa shape index (κ2) is 8.30. The van der Waals surface area contributed by atoms with Gasteiger partial charge in [-0.3, -0.25) is 0 Å². The van der Waals surface area contributed by atoms with Gasteiger partial charge in [-0.1, -0.05) is 60.3 Å². The number of nitrogens with two attached hydrogens (primary N) is 1. The maximum absolute atomic E-state index is 6.85. The molecule has 3 heteroatoms. The molecule has 1 aliphatic rings. The predicted octanol–water partition coefficient (Wildman–Crippen LogP) is 5.72. The van der Waals surface area contributed by atoms with Crippen LogP contribution in [0.15, 0.2) is 0 Å². The number of unbranched alkanes of at least 4 members (excludes halogenated alkanes) is 3. The van der Waals surface area contributed by atoms with E-state index in [-0.39, 0.29) is 5.04 Å². The summed E-state index contributed by atoms with van der Waals surface area (Å²) in [4.78, 5) is 0. The summed E-state index contributed by atoms with van der Waals surface area (Å²) < 4.78 is 6.85. The van der Waals surface area contributed by atoms with Gasteiger partial charge >= 0.3 is 0 Å². The molecule has 1 fully saturated rings. The van der Waals surface area contributed by atoms with Crippen molar-refractivity contribution in [3.63, 3.8) is 0 Å². The Morgan fingerprint density at radius 1 is 1.09 bits per heavy atom. The van der Waals surface area contributed by atoms with Crippen LogP contribution in [0.1, 0.15) is 79.6 Å². The van der Waals surface area contributed by atoms with Crippen molar-refractivity contribution in [2.75, 3.05) is 0 Å². The predicted molar refractivity (Wildman–Crippen MR) is 101 cm³/mol. The minimum absolute atomic E-state index is 0.279. The molecule has 1 aliphatic carbocycles. The lowest BCUT2D eigenvalue weighted by Gasteiger charge is -2.47. The first kappa shape index (κ1) is 20.2. The maximum atomic E-state index is 6.85. The summed E-state index contributed by atoms with van der Waals surface area (Å²) in [7, 11) is -1.72. The van der Waals surface area contributed by atoms with Crippen molar-refractivity contribution < 1.29 is 4.43 Å². The van der Waals surface area contributed by atoms with Crippen LogP contribution in [0.5, 0.6) is 0 Å². The smallest absolute Gasteiger partial charge is 0.192 e. The molecule has 0 amide bonds. The molecule has 0 radical (unpaired) electrons. The van der Waals surface area contributed by atoms with Gasteiger partial charge in [0.05, 0.1) is 6.10 Å². The van der Waals surface area contributed by atoms with E-state index in [1.54, 1.807) is 0 Å². The van der Waals surface area contributed by atoms with E-state index in [2.05, 4.69) is 47.7 Å². The van der Waals surface area contributed by atoms with Crippen molar-refractivity contribution in [3.05, 3.63) is 0 Å². The van der Waals surface area contributed by atoms with E-state index >= 15 is 0 Å². The van der Waals surface area contributed by atoms with Gasteiger partial charge in [0.1, 0.15) is 0 Å². The Morgan fingerprint density at radius 3 is 2.27 bits per heavy atom. The van der Waals surface area contributed by atoms with Gasteiger partial charge < -0.3 is 10.2 Å². The summed E-state index contributed by atoms with van der Waals surface area (Å²) in [6, 6.07) is 0.340. The Balaban J connectivity index is 2.76. The van der Waals surface area contributed by atoms with E-state index in [4.69, 9.17) is 10.2 Å². The molecule has 0 aromatic rings. The number of hydrogen-bond acceptors (Lipinski definition) is 2. The molecule has 0 aliphatic heterocycles. The molecule has 1 saturated carbocycles. The third-order valence-electron chi connectivity index (χ3n) is 6.12. The minimum Gasteiger partial charge on any atom is -0.413 e. The van der Waals surface area contributed by atoms with Crippen molar-refractivity contribution in [3.8, 4) is 0 Å². The molecule has 4 unspecified atom stereocenters. The van der Waals surface area contributed by atoms with Gasteiger partial charge in [-0.15, -0.1) is 0 Å². The Labute approximate surface area is 140 Å². The summed E-state index contributed by atoms with van der Waals surface area (Å²) >= 11 is 0. The zero-order valence-electron chi connectivity index (χ0n) is 16.2. The lowest BCUT2D eigenvalue weighted by molar-refractivity contribution is 0.0189. The fourth-order valence-electron chi connectivity index (χ4n) is 3.40. The van der Waals surface area contributed by atoms with Gasteiger partial charge in [-0.05, 0) is 49.2 Å². The molecule has 0 saturated heterocycles. The van der Waals surface area contributed by atoms with Crippen LogP contribution in [-0.4, -0.2) is 20.5 Å². The van der Waals surface area contributed by atoms with Crippen LogP contribution in [0, 0.1) is 11.8 Å². The van der Waals surface area contributed by atoms with Crippen LogP contribution in [0.4, 0.5) is 0 Å². The van der Waals surface area contributed by atoms with Crippen LogP contribution in [0.2, 0.25) is 18.1 Å². The molecule has 4 atom stereocenters. The number of rotatable bonds is 7. The normalized spacial score (nSPS) is 30.5. The lowest BCUT2D eigenvalue weighted by atomic mass is 9.74. The Hall–Kier alpha value is 0.137. The summed E-state index contributed by atoms with van der Waals surface area (Å²) in [6.45, 7) is 16.4. The van der Waals surface area contributed by atoms with Gasteiger partial charge in [-0.2, -0.15) is 0 Å². The molecular weight excluding hydrogens is 286 g/mol. The monoisotopic (exact) mass is 327 g/mol. The third-order valence-corrected chi connectivity index (χ3v) is 10.6. The molecule has 2 nitrogen and oxygen atoms in total. The van der Waals surface area contributed by atoms with Crippen LogP contribution in [-0.2, 0) is 4.43 Å². The molecule has 2 N–H and O–H groups in total. The molecule has 0 aromatic heterocycles. The van der Waals surface area contributed by atoms with Crippen LogP contribution >= 0.6 is 0 Å². The topological polar surface area (TPSA) is 35.2 Å². The highest BCUT2D eigenvalue weighted by Gasteiger charge is 2.44. The van der Waals surface area contributed by atoms with E-state index < -0.39 is 8.32 Å². The Bertz CT molecular complexity index is 324. The fraction of sp³-hybridized carbons (Fsp3) is 1.00. The first-order valence-corrected chi connectivity index (χ1v) is 12.4. The van der Waals surface area contributed by atoms with Crippen LogP contribution in [0.3, 0.4) is 0 Å². The van der Waals surface area contributed by atoms with Crippen LogP contribution in [0.25, 0.3) is 0 Å².